The zero-order valence-electron chi connectivity index (χ0n) is 25.7. The SMILES string of the molecule is Cc1ccc(S(=O)(=O)N(CC(=O)N(Cc2ccc(F)cc2)C(Cc2ccccc2)C(=O)NC(C)(C)C)c2ccc(Cl)cc2)cc1. The van der Waals surface area contributed by atoms with Crippen molar-refractivity contribution >= 4 is 39.1 Å². The van der Waals surface area contributed by atoms with Crippen LogP contribution in [0.15, 0.2) is 108 Å². The van der Waals surface area contributed by atoms with Gasteiger partial charge in [0.25, 0.3) is 10.0 Å². The molecule has 0 saturated carbocycles. The highest BCUT2D eigenvalue weighted by molar-refractivity contribution is 7.92. The molecule has 7 nitrogen and oxygen atoms in total. The van der Waals surface area contributed by atoms with Crippen molar-refractivity contribution in [1.82, 2.24) is 10.2 Å². The van der Waals surface area contributed by atoms with Crippen molar-refractivity contribution in [2.75, 3.05) is 10.8 Å². The Morgan fingerprint density at radius 2 is 1.44 bits per heavy atom. The molecule has 1 atom stereocenters. The number of hydrogen-bond acceptors (Lipinski definition) is 4. The lowest BCUT2D eigenvalue weighted by atomic mass is 10.0. The summed E-state index contributed by atoms with van der Waals surface area (Å²) in [5.41, 5.74) is 1.88. The Balaban J connectivity index is 1.81. The number of nitrogens with one attached hydrogen (secondary N) is 1. The van der Waals surface area contributed by atoms with E-state index in [-0.39, 0.29) is 23.5 Å². The third-order valence-electron chi connectivity index (χ3n) is 7.04. The lowest BCUT2D eigenvalue weighted by Gasteiger charge is -2.35. The molecule has 4 aromatic rings. The van der Waals surface area contributed by atoms with Crippen molar-refractivity contribution in [3.8, 4) is 0 Å². The summed E-state index contributed by atoms with van der Waals surface area (Å²) < 4.78 is 43.0. The third kappa shape index (κ3) is 9.15. The maximum atomic E-state index is 14.4. The van der Waals surface area contributed by atoms with Crippen molar-refractivity contribution in [2.45, 2.75) is 57.1 Å². The molecule has 0 heterocycles. The quantitative estimate of drug-likeness (QED) is 0.200. The van der Waals surface area contributed by atoms with E-state index in [2.05, 4.69) is 5.32 Å². The van der Waals surface area contributed by atoms with Crippen LogP contribution in [0, 0.1) is 12.7 Å². The number of sulfonamides is 1. The second-order valence-electron chi connectivity index (χ2n) is 11.9. The van der Waals surface area contributed by atoms with Gasteiger partial charge in [-0.05, 0) is 87.4 Å². The number of aryl methyl sites for hydroxylation is 1. The Morgan fingerprint density at radius 1 is 0.844 bits per heavy atom. The molecule has 1 unspecified atom stereocenters. The second kappa shape index (κ2) is 14.3. The van der Waals surface area contributed by atoms with Crippen LogP contribution in [0.3, 0.4) is 0 Å². The minimum absolute atomic E-state index is 0.00671. The van der Waals surface area contributed by atoms with Crippen LogP contribution < -0.4 is 9.62 Å². The topological polar surface area (TPSA) is 86.8 Å². The number of benzene rings is 4. The fourth-order valence-electron chi connectivity index (χ4n) is 4.77. The number of carbonyl (C=O) groups is 2. The van der Waals surface area contributed by atoms with E-state index in [1.165, 1.54) is 53.4 Å². The van der Waals surface area contributed by atoms with Crippen molar-refractivity contribution in [3.63, 3.8) is 0 Å². The highest BCUT2D eigenvalue weighted by Crippen LogP contribution is 2.27. The van der Waals surface area contributed by atoms with Crippen LogP contribution in [0.2, 0.25) is 5.02 Å². The second-order valence-corrected chi connectivity index (χ2v) is 14.2. The van der Waals surface area contributed by atoms with Crippen molar-refractivity contribution < 1.29 is 22.4 Å². The monoisotopic (exact) mass is 649 g/mol. The highest BCUT2D eigenvalue weighted by Gasteiger charge is 2.35. The maximum Gasteiger partial charge on any atom is 0.264 e. The average molecular weight is 650 g/mol. The fourth-order valence-corrected chi connectivity index (χ4v) is 6.31. The molecule has 4 aromatic carbocycles. The first-order chi connectivity index (χ1) is 21.2. The lowest BCUT2D eigenvalue weighted by molar-refractivity contribution is -0.140. The lowest BCUT2D eigenvalue weighted by Crippen LogP contribution is -2.56. The zero-order chi connectivity index (χ0) is 32.8. The van der Waals surface area contributed by atoms with E-state index in [4.69, 9.17) is 11.6 Å². The molecule has 0 aliphatic heterocycles. The summed E-state index contributed by atoms with van der Waals surface area (Å²) in [5.74, 6) is -1.46. The van der Waals surface area contributed by atoms with E-state index in [1.54, 1.807) is 24.3 Å². The van der Waals surface area contributed by atoms with Gasteiger partial charge in [0.05, 0.1) is 10.6 Å². The van der Waals surface area contributed by atoms with E-state index in [0.29, 0.717) is 10.6 Å². The molecule has 2 amide bonds. The molecule has 45 heavy (non-hydrogen) atoms. The van der Waals surface area contributed by atoms with Crippen LogP contribution in [0.5, 0.6) is 0 Å². The van der Waals surface area contributed by atoms with Gasteiger partial charge in [0.2, 0.25) is 11.8 Å². The standard InChI is InChI=1S/C35H37ClFN3O4S/c1-25-10-20-31(21-11-25)45(43,44)40(30-18-14-28(36)15-19-30)24-33(41)39(23-27-12-16-29(37)17-13-27)32(34(42)38-35(2,3)4)22-26-8-6-5-7-9-26/h5-21,32H,22-24H2,1-4H3,(H,38,42). The number of halogens is 2. The molecule has 0 aliphatic rings. The van der Waals surface area contributed by atoms with Gasteiger partial charge in [-0.15, -0.1) is 0 Å². The molecule has 1 N–H and O–H groups in total. The molecular weight excluding hydrogens is 613 g/mol. The highest BCUT2D eigenvalue weighted by atomic mass is 35.5. The summed E-state index contributed by atoms with van der Waals surface area (Å²) in [4.78, 5) is 29.7. The first-order valence-corrected chi connectivity index (χ1v) is 16.3. The summed E-state index contributed by atoms with van der Waals surface area (Å²) in [6, 6.07) is 26.4. The minimum Gasteiger partial charge on any atom is -0.350 e. The predicted octanol–water partition coefficient (Wildman–Crippen LogP) is 6.54. The number of amides is 2. The smallest absolute Gasteiger partial charge is 0.264 e. The van der Waals surface area contributed by atoms with E-state index < -0.39 is 45.8 Å². The number of nitrogens with zero attached hydrogens (tertiary/aromatic N) is 2. The van der Waals surface area contributed by atoms with Crippen LogP contribution in [-0.4, -0.2) is 43.3 Å². The summed E-state index contributed by atoms with van der Waals surface area (Å²) >= 11 is 6.11. The van der Waals surface area contributed by atoms with Gasteiger partial charge in [-0.25, -0.2) is 12.8 Å². The Bertz CT molecular complexity index is 1710. The van der Waals surface area contributed by atoms with Crippen LogP contribution in [0.25, 0.3) is 0 Å². The van der Waals surface area contributed by atoms with Gasteiger partial charge in [0.15, 0.2) is 0 Å². The molecular formula is C35H37ClFN3O4S. The number of rotatable bonds is 11. The van der Waals surface area contributed by atoms with E-state index >= 15 is 0 Å². The molecule has 4 rings (SSSR count). The van der Waals surface area contributed by atoms with Crippen LogP contribution >= 0.6 is 11.6 Å². The predicted molar refractivity (Wildman–Crippen MR) is 176 cm³/mol. The average Bonchev–Trinajstić information content (AvgIpc) is 2.99. The van der Waals surface area contributed by atoms with E-state index in [0.717, 1.165) is 15.4 Å². The fraction of sp³-hybridized carbons (Fsp3) is 0.257. The third-order valence-corrected chi connectivity index (χ3v) is 9.08. The Labute approximate surface area is 269 Å². The summed E-state index contributed by atoms with van der Waals surface area (Å²) in [5, 5.41) is 3.38. The minimum atomic E-state index is -4.23. The molecule has 0 radical (unpaired) electrons. The maximum absolute atomic E-state index is 14.4. The summed E-state index contributed by atoms with van der Waals surface area (Å²) in [7, 11) is -4.23. The summed E-state index contributed by atoms with van der Waals surface area (Å²) in [6.45, 7) is 6.70. The van der Waals surface area contributed by atoms with Crippen molar-refractivity contribution in [1.29, 1.82) is 0 Å². The van der Waals surface area contributed by atoms with Gasteiger partial charge < -0.3 is 10.2 Å². The van der Waals surface area contributed by atoms with Gasteiger partial charge in [-0.2, -0.15) is 0 Å². The van der Waals surface area contributed by atoms with Crippen molar-refractivity contribution in [2.24, 2.45) is 0 Å². The molecule has 10 heteroatoms. The Morgan fingerprint density at radius 3 is 2.02 bits per heavy atom. The molecule has 0 fully saturated rings. The molecule has 0 aliphatic carbocycles. The molecule has 0 spiro atoms. The van der Waals surface area contributed by atoms with Gasteiger partial charge >= 0.3 is 0 Å². The van der Waals surface area contributed by atoms with Crippen LogP contribution in [0.4, 0.5) is 10.1 Å². The van der Waals surface area contributed by atoms with Gasteiger partial charge in [0, 0.05) is 23.5 Å². The van der Waals surface area contributed by atoms with Gasteiger partial charge in [0.1, 0.15) is 18.4 Å². The van der Waals surface area contributed by atoms with Crippen LogP contribution in [-0.2, 0) is 32.6 Å². The molecule has 0 aromatic heterocycles. The van der Waals surface area contributed by atoms with Crippen molar-refractivity contribution in [3.05, 3.63) is 131 Å². The Kier molecular flexibility index (Phi) is 10.7. The van der Waals surface area contributed by atoms with Gasteiger partial charge in [-0.3, -0.25) is 13.9 Å². The largest absolute Gasteiger partial charge is 0.350 e. The van der Waals surface area contributed by atoms with Crippen LogP contribution in [0.1, 0.15) is 37.5 Å². The molecule has 236 valence electrons. The number of anilines is 1. The first-order valence-electron chi connectivity index (χ1n) is 14.5. The zero-order valence-corrected chi connectivity index (χ0v) is 27.3. The Hall–Kier alpha value is -4.21. The normalized spacial score (nSPS) is 12.3. The molecule has 0 saturated heterocycles. The van der Waals surface area contributed by atoms with E-state index in [1.807, 2.05) is 58.0 Å². The first kappa shape index (κ1) is 33.7. The number of hydrogen-bond donors (Lipinski definition) is 1. The van der Waals surface area contributed by atoms with E-state index in [9.17, 15) is 22.4 Å². The van der Waals surface area contributed by atoms with Gasteiger partial charge in [-0.1, -0.05) is 71.8 Å². The molecule has 0 bridgehead atoms. The summed E-state index contributed by atoms with van der Waals surface area (Å²) in [6.07, 6.45) is 0.168. The number of carbonyl (C=O) groups excluding carboxylic acids is 2.